The normalized spacial score (nSPS) is 12.2. The summed E-state index contributed by atoms with van der Waals surface area (Å²) < 4.78 is 5.85. The highest BCUT2D eigenvalue weighted by Gasteiger charge is 2.05. The average Bonchev–Trinajstić information content (AvgIpc) is 2.42. The number of aliphatic hydroxyl groups excluding tert-OH is 1. The number of aliphatic hydroxyl groups is 1. The van der Waals surface area contributed by atoms with E-state index < -0.39 is 6.10 Å². The number of rotatable bonds is 4. The second-order valence-electron chi connectivity index (χ2n) is 4.86. The maximum absolute atomic E-state index is 9.74. The third-order valence-corrected chi connectivity index (χ3v) is 3.21. The fourth-order valence-electron chi connectivity index (χ4n) is 2.03. The van der Waals surface area contributed by atoms with Crippen LogP contribution in [0.25, 0.3) is 0 Å². The molecule has 0 aliphatic rings. The number of hydrogen-bond acceptors (Lipinski definition) is 2. The Morgan fingerprint density at radius 1 is 1.05 bits per heavy atom. The number of aryl methyl sites for hydroxylation is 2. The highest BCUT2D eigenvalue weighted by Crippen LogP contribution is 2.27. The van der Waals surface area contributed by atoms with Crippen molar-refractivity contribution in [2.24, 2.45) is 0 Å². The molecule has 0 aromatic heterocycles. The fourth-order valence-corrected chi connectivity index (χ4v) is 2.03. The second kappa shape index (κ2) is 5.89. The van der Waals surface area contributed by atoms with Crippen molar-refractivity contribution in [3.63, 3.8) is 0 Å². The molecule has 2 heteroatoms. The first kappa shape index (κ1) is 13.6. The summed E-state index contributed by atoms with van der Waals surface area (Å²) in [6, 6.07) is 13.7. The summed E-state index contributed by atoms with van der Waals surface area (Å²) in [6.07, 6.45) is 0.326. The van der Waals surface area contributed by atoms with Gasteiger partial charge >= 0.3 is 0 Å². The Morgan fingerprint density at radius 2 is 1.74 bits per heavy atom. The predicted molar refractivity (Wildman–Crippen MR) is 77.7 cm³/mol. The minimum absolute atomic E-state index is 0.393. The summed E-state index contributed by atoms with van der Waals surface area (Å²) in [7, 11) is 0. The molecule has 2 aromatic carbocycles. The van der Waals surface area contributed by atoms with Crippen LogP contribution in [0, 0.1) is 13.8 Å². The van der Waals surface area contributed by atoms with Crippen LogP contribution in [0.5, 0.6) is 11.5 Å². The first-order valence-corrected chi connectivity index (χ1v) is 6.63. The van der Waals surface area contributed by atoms with Crippen LogP contribution in [0.2, 0.25) is 0 Å². The van der Waals surface area contributed by atoms with Crippen molar-refractivity contribution in [1.29, 1.82) is 0 Å². The molecule has 1 atom stereocenters. The molecule has 2 aromatic rings. The Balaban J connectivity index is 2.15. The molecule has 0 amide bonds. The third-order valence-electron chi connectivity index (χ3n) is 3.21. The van der Waals surface area contributed by atoms with E-state index in [1.54, 1.807) is 0 Å². The Kier molecular flexibility index (Phi) is 4.23. The van der Waals surface area contributed by atoms with Crippen LogP contribution in [-0.2, 0) is 0 Å². The van der Waals surface area contributed by atoms with Gasteiger partial charge in [-0.05, 0) is 49.6 Å². The molecule has 0 aliphatic heterocycles. The van der Waals surface area contributed by atoms with E-state index in [4.69, 9.17) is 4.74 Å². The monoisotopic (exact) mass is 256 g/mol. The lowest BCUT2D eigenvalue weighted by Gasteiger charge is -2.11. The number of ether oxygens (including phenoxy) is 1. The molecule has 0 unspecified atom stereocenters. The average molecular weight is 256 g/mol. The van der Waals surface area contributed by atoms with E-state index in [0.717, 1.165) is 29.0 Å². The largest absolute Gasteiger partial charge is 0.457 e. The molecule has 0 saturated heterocycles. The molecule has 1 N–H and O–H groups in total. The van der Waals surface area contributed by atoms with Crippen molar-refractivity contribution in [3.05, 3.63) is 59.2 Å². The van der Waals surface area contributed by atoms with Crippen molar-refractivity contribution >= 4 is 0 Å². The fraction of sp³-hybridized carbons (Fsp3) is 0.294. The first-order chi connectivity index (χ1) is 9.10. The van der Waals surface area contributed by atoms with Gasteiger partial charge in [0.25, 0.3) is 0 Å². The van der Waals surface area contributed by atoms with Crippen LogP contribution in [0.15, 0.2) is 42.5 Å². The molecule has 100 valence electrons. The Morgan fingerprint density at radius 3 is 2.32 bits per heavy atom. The molecule has 0 fully saturated rings. The maximum Gasteiger partial charge on any atom is 0.130 e. The summed E-state index contributed by atoms with van der Waals surface area (Å²) in [4.78, 5) is 0. The highest BCUT2D eigenvalue weighted by atomic mass is 16.5. The Labute approximate surface area is 114 Å². The van der Waals surface area contributed by atoms with E-state index >= 15 is 0 Å². The summed E-state index contributed by atoms with van der Waals surface area (Å²) >= 11 is 0. The third kappa shape index (κ3) is 3.36. The molecule has 0 heterocycles. The van der Waals surface area contributed by atoms with E-state index in [0.29, 0.717) is 0 Å². The minimum atomic E-state index is -0.393. The first-order valence-electron chi connectivity index (χ1n) is 6.63. The van der Waals surface area contributed by atoms with Crippen LogP contribution in [0.1, 0.15) is 36.1 Å². The van der Waals surface area contributed by atoms with Crippen molar-refractivity contribution in [2.45, 2.75) is 33.3 Å². The summed E-state index contributed by atoms with van der Waals surface area (Å²) in [5, 5.41) is 9.74. The van der Waals surface area contributed by atoms with E-state index in [1.807, 2.05) is 50.2 Å². The van der Waals surface area contributed by atoms with Crippen molar-refractivity contribution < 1.29 is 9.84 Å². The van der Waals surface area contributed by atoms with Crippen LogP contribution < -0.4 is 4.74 Å². The standard InChI is InChI=1S/C17H20O2/c1-4-16(18)14-6-8-15(9-7-14)19-17-10-5-12(2)11-13(17)3/h5-11,16,18H,4H2,1-3H3/t16-/m1/s1. The number of benzene rings is 2. The Bertz CT molecular complexity index is 544. The topological polar surface area (TPSA) is 29.5 Å². The quantitative estimate of drug-likeness (QED) is 0.870. The van der Waals surface area contributed by atoms with Gasteiger partial charge in [-0.25, -0.2) is 0 Å². The lowest BCUT2D eigenvalue weighted by atomic mass is 10.1. The van der Waals surface area contributed by atoms with E-state index in [9.17, 15) is 5.11 Å². The Hall–Kier alpha value is -1.80. The van der Waals surface area contributed by atoms with E-state index in [2.05, 4.69) is 13.0 Å². The summed E-state index contributed by atoms with van der Waals surface area (Å²) in [6.45, 7) is 6.07. The molecule has 0 aliphatic carbocycles. The van der Waals surface area contributed by atoms with Crippen molar-refractivity contribution in [1.82, 2.24) is 0 Å². The molecule has 0 saturated carbocycles. The zero-order valence-electron chi connectivity index (χ0n) is 11.7. The van der Waals surface area contributed by atoms with Crippen LogP contribution in [0.3, 0.4) is 0 Å². The molecule has 0 spiro atoms. The lowest BCUT2D eigenvalue weighted by Crippen LogP contribution is -1.95. The van der Waals surface area contributed by atoms with Gasteiger partial charge in [0, 0.05) is 0 Å². The molecule has 19 heavy (non-hydrogen) atoms. The van der Waals surface area contributed by atoms with Crippen LogP contribution in [-0.4, -0.2) is 5.11 Å². The van der Waals surface area contributed by atoms with Crippen LogP contribution >= 0.6 is 0 Å². The van der Waals surface area contributed by atoms with E-state index in [-0.39, 0.29) is 0 Å². The van der Waals surface area contributed by atoms with Crippen molar-refractivity contribution in [3.8, 4) is 11.5 Å². The molecule has 2 nitrogen and oxygen atoms in total. The maximum atomic E-state index is 9.74. The van der Waals surface area contributed by atoms with E-state index in [1.165, 1.54) is 5.56 Å². The van der Waals surface area contributed by atoms with Crippen LogP contribution in [0.4, 0.5) is 0 Å². The van der Waals surface area contributed by atoms with Gasteiger partial charge in [-0.2, -0.15) is 0 Å². The highest BCUT2D eigenvalue weighted by molar-refractivity contribution is 5.40. The smallest absolute Gasteiger partial charge is 0.130 e. The van der Waals surface area contributed by atoms with Gasteiger partial charge in [0.2, 0.25) is 0 Å². The lowest BCUT2D eigenvalue weighted by molar-refractivity contribution is 0.173. The van der Waals surface area contributed by atoms with Gasteiger partial charge in [0.05, 0.1) is 6.10 Å². The van der Waals surface area contributed by atoms with Gasteiger partial charge < -0.3 is 9.84 Å². The van der Waals surface area contributed by atoms with Gasteiger partial charge in [-0.15, -0.1) is 0 Å². The summed E-state index contributed by atoms with van der Waals surface area (Å²) in [5.41, 5.74) is 3.28. The molecule has 0 radical (unpaired) electrons. The molecular weight excluding hydrogens is 236 g/mol. The van der Waals surface area contributed by atoms with Crippen molar-refractivity contribution in [2.75, 3.05) is 0 Å². The summed E-state index contributed by atoms with van der Waals surface area (Å²) in [5.74, 6) is 1.66. The molecular formula is C17H20O2. The van der Waals surface area contributed by atoms with Gasteiger partial charge in [0.1, 0.15) is 11.5 Å². The second-order valence-corrected chi connectivity index (χ2v) is 4.86. The molecule has 2 rings (SSSR count). The van der Waals surface area contributed by atoms with Gasteiger partial charge in [-0.3, -0.25) is 0 Å². The minimum Gasteiger partial charge on any atom is -0.457 e. The SMILES string of the molecule is CC[C@@H](O)c1ccc(Oc2ccc(C)cc2C)cc1. The van der Waals surface area contributed by atoms with Gasteiger partial charge in [0.15, 0.2) is 0 Å². The van der Waals surface area contributed by atoms with Gasteiger partial charge in [-0.1, -0.05) is 36.8 Å². The zero-order valence-corrected chi connectivity index (χ0v) is 11.7. The number of hydrogen-bond donors (Lipinski definition) is 1. The zero-order chi connectivity index (χ0) is 13.8. The predicted octanol–water partition coefficient (Wildman–Crippen LogP) is 4.54. The molecule has 0 bridgehead atoms.